The van der Waals surface area contributed by atoms with Crippen LogP contribution in [-0.2, 0) is 25.9 Å². The maximum Gasteiger partial charge on any atom is 0.329 e. The van der Waals surface area contributed by atoms with E-state index < -0.39 is 17.0 Å². The third kappa shape index (κ3) is 6.18. The quantitative estimate of drug-likeness (QED) is 0.668. The minimum absolute atomic E-state index is 0.122. The van der Waals surface area contributed by atoms with E-state index in [0.717, 1.165) is 0 Å². The van der Waals surface area contributed by atoms with Gasteiger partial charge in [0.2, 0.25) is 5.91 Å². The molecule has 0 bridgehead atoms. The second-order valence-corrected chi connectivity index (χ2v) is 12.0. The van der Waals surface area contributed by atoms with Gasteiger partial charge in [-0.1, -0.05) is 30.1 Å². The number of hydrogen-bond acceptors (Lipinski definition) is 5. The van der Waals surface area contributed by atoms with Crippen LogP contribution in [0.5, 0.6) is 0 Å². The van der Waals surface area contributed by atoms with Crippen molar-refractivity contribution >= 4 is 40.5 Å². The predicted molar refractivity (Wildman–Crippen MR) is 78.8 cm³/mol. The Morgan fingerprint density at radius 3 is 2.44 bits per heavy atom. The van der Waals surface area contributed by atoms with E-state index in [0.29, 0.717) is 13.0 Å². The third-order valence-corrected chi connectivity index (χ3v) is 7.35. The second-order valence-electron chi connectivity index (χ2n) is 4.00. The average molecular weight is 313 g/mol. The van der Waals surface area contributed by atoms with Crippen LogP contribution in [0.25, 0.3) is 0 Å². The summed E-state index contributed by atoms with van der Waals surface area (Å²) in [5.41, 5.74) is -3.22. The van der Waals surface area contributed by atoms with Crippen LogP contribution in [-0.4, -0.2) is 41.5 Å². The highest BCUT2D eigenvalue weighted by Gasteiger charge is 2.32. The molecule has 0 spiro atoms. The van der Waals surface area contributed by atoms with Gasteiger partial charge in [0.25, 0.3) is 0 Å². The predicted octanol–water partition coefficient (Wildman–Crippen LogP) is 2.06. The zero-order chi connectivity index (χ0) is 14.4. The molecular formula is C10H20NO4PS2. The molecule has 0 aliphatic rings. The first-order valence-corrected chi connectivity index (χ1v) is 10.3. The van der Waals surface area contributed by atoms with Crippen molar-refractivity contribution in [1.29, 1.82) is 0 Å². The van der Waals surface area contributed by atoms with Crippen LogP contribution in [0.15, 0.2) is 0 Å². The van der Waals surface area contributed by atoms with Gasteiger partial charge in [-0.3, -0.25) is 4.79 Å². The monoisotopic (exact) mass is 313 g/mol. The van der Waals surface area contributed by atoms with Crippen molar-refractivity contribution < 1.29 is 19.2 Å². The van der Waals surface area contributed by atoms with Crippen LogP contribution in [0.3, 0.4) is 0 Å². The maximum absolute atomic E-state index is 11.7. The Balaban J connectivity index is 4.36. The minimum Gasteiger partial charge on any atom is -0.480 e. The summed E-state index contributed by atoms with van der Waals surface area (Å²) < 4.78 is 5.38. The molecule has 0 heterocycles. The summed E-state index contributed by atoms with van der Waals surface area (Å²) in [6.45, 7) is 7.38. The van der Waals surface area contributed by atoms with E-state index in [4.69, 9.17) is 21.4 Å². The molecule has 2 atom stereocenters. The number of carbonyl (C=O) groups is 2. The Morgan fingerprint density at radius 2 is 2.06 bits per heavy atom. The highest BCUT2D eigenvalue weighted by atomic mass is 32.9. The molecule has 106 valence electrons. The van der Waals surface area contributed by atoms with Gasteiger partial charge in [-0.05, 0) is 26.9 Å². The summed E-state index contributed by atoms with van der Waals surface area (Å²) in [6.07, 6.45) is 0.324. The van der Waals surface area contributed by atoms with Crippen LogP contribution < -0.4 is 5.32 Å². The molecule has 2 N–H and O–H groups in total. The second kappa shape index (κ2) is 7.48. The van der Waals surface area contributed by atoms with E-state index in [1.165, 1.54) is 18.3 Å². The highest BCUT2D eigenvalue weighted by molar-refractivity contribution is 8.69. The molecule has 1 amide bonds. The molecule has 0 saturated heterocycles. The summed E-state index contributed by atoms with van der Waals surface area (Å²) in [4.78, 5) is 22.7. The Bertz CT molecular complexity index is 364. The van der Waals surface area contributed by atoms with Crippen molar-refractivity contribution in [3.63, 3.8) is 0 Å². The van der Waals surface area contributed by atoms with Crippen LogP contribution in [0.4, 0.5) is 0 Å². The van der Waals surface area contributed by atoms with Gasteiger partial charge in [0.05, 0.1) is 5.75 Å². The molecular weight excluding hydrogens is 293 g/mol. The molecule has 0 aliphatic heterocycles. The molecule has 0 rings (SSSR count). The summed E-state index contributed by atoms with van der Waals surface area (Å²) in [7, 11) is 0. The van der Waals surface area contributed by atoms with Crippen LogP contribution in [0, 0.1) is 0 Å². The highest BCUT2D eigenvalue weighted by Crippen LogP contribution is 2.56. The zero-order valence-electron chi connectivity index (χ0n) is 11.1. The van der Waals surface area contributed by atoms with E-state index in [2.05, 4.69) is 5.32 Å². The fourth-order valence-corrected chi connectivity index (χ4v) is 4.44. The summed E-state index contributed by atoms with van der Waals surface area (Å²) in [5.74, 6) is -1.25. The number of carboxylic acid groups (broad SMARTS) is 1. The van der Waals surface area contributed by atoms with Gasteiger partial charge in [0.15, 0.2) is 0 Å². The van der Waals surface area contributed by atoms with Gasteiger partial charge >= 0.3 is 5.97 Å². The lowest BCUT2D eigenvalue weighted by atomic mass is 9.99. The number of carbonyl (C=O) groups excluding carboxylic acids is 1. The van der Waals surface area contributed by atoms with Gasteiger partial charge in [-0.15, -0.1) is 0 Å². The molecule has 0 saturated carbocycles. The van der Waals surface area contributed by atoms with E-state index >= 15 is 0 Å². The number of rotatable bonds is 8. The maximum atomic E-state index is 11.7. The Morgan fingerprint density at radius 1 is 1.50 bits per heavy atom. The zero-order valence-corrected chi connectivity index (χ0v) is 13.6. The van der Waals surface area contributed by atoms with Gasteiger partial charge in [0.1, 0.15) is 11.0 Å². The lowest BCUT2D eigenvalue weighted by Crippen LogP contribution is -2.52. The van der Waals surface area contributed by atoms with Gasteiger partial charge in [-0.2, -0.15) is 0 Å². The van der Waals surface area contributed by atoms with Gasteiger partial charge in [-0.25, -0.2) is 4.79 Å². The number of nitrogens with one attached hydrogen (secondary N) is 1. The number of amides is 1. The topological polar surface area (TPSA) is 75.6 Å². The summed E-state index contributed by atoms with van der Waals surface area (Å²) in [6, 6.07) is 0. The minimum atomic E-state index is -2.00. The van der Waals surface area contributed by atoms with Crippen molar-refractivity contribution in [2.75, 3.05) is 19.0 Å². The lowest BCUT2D eigenvalue weighted by Gasteiger charge is -2.25. The molecule has 0 aromatic rings. The van der Waals surface area contributed by atoms with Gasteiger partial charge in [0, 0.05) is 6.61 Å². The average Bonchev–Trinajstić information content (AvgIpc) is 2.26. The standard InChI is InChI=1S/C10H20NO4PS2/c1-5-10(3,9(13)14)11-8(12)7-18-16(4,17)15-6-2/h5-7H2,1-4H3,(H,11,12)(H,13,14)/t10-,16+/m0/s1. The van der Waals surface area contributed by atoms with Crippen molar-refractivity contribution in [2.24, 2.45) is 0 Å². The van der Waals surface area contributed by atoms with Crippen molar-refractivity contribution in [2.45, 2.75) is 32.7 Å². The Kier molecular flexibility index (Phi) is 7.44. The largest absolute Gasteiger partial charge is 0.480 e. The number of aliphatic carboxylic acids is 1. The Labute approximate surface area is 117 Å². The Hall–Kier alpha value is -0.100. The number of carboxylic acids is 1. The normalized spacial score (nSPS) is 17.6. The fourth-order valence-electron chi connectivity index (χ4n) is 1.08. The molecule has 8 heteroatoms. The third-order valence-electron chi connectivity index (χ3n) is 2.39. The first kappa shape index (κ1) is 17.9. The molecule has 0 unspecified atom stereocenters. The first-order chi connectivity index (χ1) is 8.17. The van der Waals surface area contributed by atoms with E-state index in [9.17, 15) is 9.59 Å². The molecule has 5 nitrogen and oxygen atoms in total. The van der Waals surface area contributed by atoms with Crippen LogP contribution >= 0.6 is 16.8 Å². The van der Waals surface area contributed by atoms with Gasteiger partial charge < -0.3 is 14.9 Å². The van der Waals surface area contributed by atoms with E-state index in [1.54, 1.807) is 13.6 Å². The van der Waals surface area contributed by atoms with Crippen LogP contribution in [0.1, 0.15) is 27.2 Å². The van der Waals surface area contributed by atoms with Crippen molar-refractivity contribution in [1.82, 2.24) is 5.32 Å². The molecule has 0 fully saturated rings. The smallest absolute Gasteiger partial charge is 0.329 e. The molecule has 18 heavy (non-hydrogen) atoms. The lowest BCUT2D eigenvalue weighted by molar-refractivity contribution is -0.146. The summed E-state index contributed by atoms with van der Waals surface area (Å²) >= 11 is 6.51. The first-order valence-electron chi connectivity index (χ1n) is 5.58. The number of hydrogen-bond donors (Lipinski definition) is 2. The van der Waals surface area contributed by atoms with E-state index in [-0.39, 0.29) is 11.7 Å². The van der Waals surface area contributed by atoms with E-state index in [1.807, 2.05) is 6.92 Å². The molecule has 0 aliphatic carbocycles. The van der Waals surface area contributed by atoms with Crippen molar-refractivity contribution in [3.05, 3.63) is 0 Å². The SMILES string of the molecule is CCO[P@](C)(=S)SCC(=O)N[C@@](C)(CC)C(=O)O. The summed E-state index contributed by atoms with van der Waals surface area (Å²) in [5, 5.41) is 11.5. The molecule has 0 radical (unpaired) electrons. The molecule has 0 aromatic heterocycles. The molecule has 0 aromatic carbocycles. The van der Waals surface area contributed by atoms with Crippen molar-refractivity contribution in [3.8, 4) is 0 Å². The van der Waals surface area contributed by atoms with Crippen LogP contribution in [0.2, 0.25) is 0 Å². The fraction of sp³-hybridized carbons (Fsp3) is 0.800.